The van der Waals surface area contributed by atoms with E-state index in [9.17, 15) is 9.59 Å². The molecule has 1 aliphatic rings. The van der Waals surface area contributed by atoms with Crippen LogP contribution in [-0.4, -0.2) is 34.3 Å². The van der Waals surface area contributed by atoms with Crippen molar-refractivity contribution < 1.29 is 18.7 Å². The first kappa shape index (κ1) is 15.3. The Morgan fingerprint density at radius 1 is 1.35 bits per heavy atom. The molecule has 2 aromatic rings. The van der Waals surface area contributed by atoms with Crippen LogP contribution < -0.4 is 0 Å². The fourth-order valence-corrected chi connectivity index (χ4v) is 2.69. The maximum atomic E-state index is 12.4. The smallest absolute Gasteiger partial charge is 0.329 e. The van der Waals surface area contributed by atoms with E-state index in [0.29, 0.717) is 18.9 Å². The van der Waals surface area contributed by atoms with Crippen molar-refractivity contribution in [3.05, 3.63) is 53.7 Å². The van der Waals surface area contributed by atoms with Crippen LogP contribution >= 0.6 is 0 Å². The lowest BCUT2D eigenvalue weighted by Crippen LogP contribution is -2.41. The number of rotatable bonds is 4. The van der Waals surface area contributed by atoms with Gasteiger partial charge in [0.1, 0.15) is 18.9 Å². The molecule has 3 rings (SSSR count). The third-order valence-electron chi connectivity index (χ3n) is 3.85. The Morgan fingerprint density at radius 2 is 2.13 bits per heavy atom. The number of esters is 1. The molecule has 1 aromatic carbocycles. The van der Waals surface area contributed by atoms with E-state index in [4.69, 9.17) is 9.15 Å². The van der Waals surface area contributed by atoms with E-state index in [2.05, 4.69) is 4.98 Å². The zero-order chi connectivity index (χ0) is 16.2. The van der Waals surface area contributed by atoms with Crippen molar-refractivity contribution in [2.24, 2.45) is 0 Å². The molecule has 1 amide bonds. The fourth-order valence-electron chi connectivity index (χ4n) is 2.69. The van der Waals surface area contributed by atoms with E-state index < -0.39 is 6.04 Å². The van der Waals surface area contributed by atoms with Crippen molar-refractivity contribution in [3.8, 4) is 0 Å². The van der Waals surface area contributed by atoms with Crippen LogP contribution in [0.1, 0.15) is 34.8 Å². The lowest BCUT2D eigenvalue weighted by atomic mass is 10.2. The van der Waals surface area contributed by atoms with Gasteiger partial charge in [0.15, 0.2) is 11.6 Å². The number of benzene rings is 1. The van der Waals surface area contributed by atoms with Crippen molar-refractivity contribution in [2.45, 2.75) is 32.4 Å². The number of hydrogen-bond acceptors (Lipinski definition) is 5. The van der Waals surface area contributed by atoms with Gasteiger partial charge in [-0.15, -0.1) is 0 Å². The molecule has 0 N–H and O–H groups in total. The lowest BCUT2D eigenvalue weighted by Gasteiger charge is -2.22. The lowest BCUT2D eigenvalue weighted by molar-refractivity contribution is -0.149. The van der Waals surface area contributed by atoms with Crippen LogP contribution in [0.15, 0.2) is 41.0 Å². The average Bonchev–Trinajstić information content (AvgIpc) is 3.22. The Kier molecular flexibility index (Phi) is 4.41. The number of aromatic nitrogens is 1. The van der Waals surface area contributed by atoms with E-state index >= 15 is 0 Å². The summed E-state index contributed by atoms with van der Waals surface area (Å²) in [6.45, 7) is 2.41. The maximum absolute atomic E-state index is 12.4. The quantitative estimate of drug-likeness (QED) is 0.810. The van der Waals surface area contributed by atoms with E-state index in [-0.39, 0.29) is 24.2 Å². The first-order valence-corrected chi connectivity index (χ1v) is 7.59. The van der Waals surface area contributed by atoms with E-state index in [1.807, 2.05) is 30.3 Å². The van der Waals surface area contributed by atoms with Gasteiger partial charge in [-0.1, -0.05) is 30.3 Å². The molecule has 6 heteroatoms. The molecular weight excluding hydrogens is 296 g/mol. The number of carbonyl (C=O) groups is 2. The van der Waals surface area contributed by atoms with Gasteiger partial charge in [-0.25, -0.2) is 9.78 Å². The molecule has 23 heavy (non-hydrogen) atoms. The molecule has 1 fully saturated rings. The minimum Gasteiger partial charge on any atom is -0.459 e. The number of nitrogens with zero attached hydrogens (tertiary/aromatic N) is 2. The molecule has 0 bridgehead atoms. The molecule has 1 aromatic heterocycles. The van der Waals surface area contributed by atoms with Crippen LogP contribution in [0.25, 0.3) is 0 Å². The first-order valence-electron chi connectivity index (χ1n) is 7.59. The van der Waals surface area contributed by atoms with Gasteiger partial charge in [0.2, 0.25) is 0 Å². The molecule has 0 saturated carbocycles. The van der Waals surface area contributed by atoms with Gasteiger partial charge in [-0.3, -0.25) is 4.79 Å². The van der Waals surface area contributed by atoms with Crippen LogP contribution in [0, 0.1) is 6.92 Å². The van der Waals surface area contributed by atoms with Gasteiger partial charge in [0.05, 0.1) is 0 Å². The molecule has 6 nitrogen and oxygen atoms in total. The van der Waals surface area contributed by atoms with Crippen molar-refractivity contribution in [1.29, 1.82) is 0 Å². The SMILES string of the molecule is Cc1nc(C(=O)N2CCC[C@@H]2C(=O)OCc2ccccc2)co1. The third-order valence-corrected chi connectivity index (χ3v) is 3.85. The second-order valence-electron chi connectivity index (χ2n) is 5.50. The van der Waals surface area contributed by atoms with Crippen LogP contribution in [0.4, 0.5) is 0 Å². The summed E-state index contributed by atoms with van der Waals surface area (Å²) in [5.41, 5.74) is 1.15. The number of oxazole rings is 1. The maximum Gasteiger partial charge on any atom is 0.329 e. The number of ether oxygens (including phenoxy) is 1. The number of likely N-dealkylation sites (tertiary alicyclic amines) is 1. The number of amides is 1. The number of aryl methyl sites for hydroxylation is 1. The second-order valence-corrected chi connectivity index (χ2v) is 5.50. The summed E-state index contributed by atoms with van der Waals surface area (Å²) in [4.78, 5) is 30.3. The molecule has 1 aliphatic heterocycles. The van der Waals surface area contributed by atoms with E-state index in [0.717, 1.165) is 12.0 Å². The van der Waals surface area contributed by atoms with Gasteiger partial charge in [0.25, 0.3) is 5.91 Å². The van der Waals surface area contributed by atoms with E-state index in [1.165, 1.54) is 11.2 Å². The molecule has 120 valence electrons. The zero-order valence-electron chi connectivity index (χ0n) is 12.9. The van der Waals surface area contributed by atoms with Crippen LogP contribution in [0.2, 0.25) is 0 Å². The molecule has 1 atom stereocenters. The number of carbonyl (C=O) groups excluding carboxylic acids is 2. The van der Waals surface area contributed by atoms with Gasteiger partial charge in [-0.2, -0.15) is 0 Å². The normalized spacial score (nSPS) is 17.3. The summed E-state index contributed by atoms with van der Waals surface area (Å²) in [6.07, 6.45) is 2.70. The summed E-state index contributed by atoms with van der Waals surface area (Å²) in [7, 11) is 0. The summed E-state index contributed by atoms with van der Waals surface area (Å²) >= 11 is 0. The van der Waals surface area contributed by atoms with Crippen molar-refractivity contribution in [3.63, 3.8) is 0 Å². The Morgan fingerprint density at radius 3 is 2.83 bits per heavy atom. The predicted molar refractivity (Wildman–Crippen MR) is 81.5 cm³/mol. The highest BCUT2D eigenvalue weighted by Crippen LogP contribution is 2.21. The van der Waals surface area contributed by atoms with Crippen LogP contribution in [0.3, 0.4) is 0 Å². The second kappa shape index (κ2) is 6.64. The molecule has 1 saturated heterocycles. The first-order chi connectivity index (χ1) is 11.1. The topological polar surface area (TPSA) is 72.6 Å². The molecule has 0 aliphatic carbocycles. The Hall–Kier alpha value is -2.63. The monoisotopic (exact) mass is 314 g/mol. The van der Waals surface area contributed by atoms with Gasteiger partial charge >= 0.3 is 5.97 Å². The standard InChI is InChI=1S/C17H18N2O4/c1-12-18-14(11-22-12)16(20)19-9-5-8-15(19)17(21)23-10-13-6-3-2-4-7-13/h2-4,6-7,11,15H,5,8-10H2,1H3/t15-/m1/s1. The third kappa shape index (κ3) is 3.41. The van der Waals surface area contributed by atoms with Crippen LogP contribution in [-0.2, 0) is 16.1 Å². The molecular formula is C17H18N2O4. The summed E-state index contributed by atoms with van der Waals surface area (Å²) in [6, 6.07) is 8.92. The van der Waals surface area contributed by atoms with E-state index in [1.54, 1.807) is 6.92 Å². The van der Waals surface area contributed by atoms with Gasteiger partial charge in [0, 0.05) is 13.5 Å². The van der Waals surface area contributed by atoms with Crippen molar-refractivity contribution in [2.75, 3.05) is 6.54 Å². The summed E-state index contributed by atoms with van der Waals surface area (Å²) in [5.74, 6) is -0.239. The minimum atomic E-state index is -0.553. The number of hydrogen-bond donors (Lipinski definition) is 0. The average molecular weight is 314 g/mol. The molecule has 0 radical (unpaired) electrons. The Balaban J connectivity index is 1.64. The highest BCUT2D eigenvalue weighted by Gasteiger charge is 2.36. The van der Waals surface area contributed by atoms with Crippen LogP contribution in [0.5, 0.6) is 0 Å². The van der Waals surface area contributed by atoms with Gasteiger partial charge in [-0.05, 0) is 18.4 Å². The summed E-state index contributed by atoms with van der Waals surface area (Å²) in [5, 5.41) is 0. The Labute approximate surface area is 134 Å². The predicted octanol–water partition coefficient (Wildman–Crippen LogP) is 2.33. The fraction of sp³-hybridized carbons (Fsp3) is 0.353. The highest BCUT2D eigenvalue weighted by atomic mass is 16.5. The van der Waals surface area contributed by atoms with Gasteiger partial charge < -0.3 is 14.1 Å². The minimum absolute atomic E-state index is 0.210. The highest BCUT2D eigenvalue weighted by molar-refractivity contribution is 5.95. The van der Waals surface area contributed by atoms with Crippen molar-refractivity contribution in [1.82, 2.24) is 9.88 Å². The summed E-state index contributed by atoms with van der Waals surface area (Å²) < 4.78 is 10.4. The largest absolute Gasteiger partial charge is 0.459 e. The molecule has 0 spiro atoms. The molecule has 2 heterocycles. The Bertz CT molecular complexity index is 696. The molecule has 0 unspecified atom stereocenters. The zero-order valence-corrected chi connectivity index (χ0v) is 12.9. The van der Waals surface area contributed by atoms with Crippen molar-refractivity contribution >= 4 is 11.9 Å².